The van der Waals surface area contributed by atoms with Gasteiger partial charge in [-0.15, -0.1) is 0 Å². The number of imidazole rings is 1. The van der Waals surface area contributed by atoms with Gasteiger partial charge in [-0.3, -0.25) is 4.40 Å². The van der Waals surface area contributed by atoms with Gasteiger partial charge in [-0.05, 0) is 48.9 Å². The summed E-state index contributed by atoms with van der Waals surface area (Å²) in [5, 5.41) is 0. The summed E-state index contributed by atoms with van der Waals surface area (Å²) in [6.45, 7) is 1.97. The van der Waals surface area contributed by atoms with Crippen LogP contribution in [-0.2, 0) is 10.0 Å². The number of rotatable bonds is 5. The number of hydrogen-bond acceptors (Lipinski definition) is 6. The first-order chi connectivity index (χ1) is 16.4. The molecule has 0 spiro atoms. The van der Waals surface area contributed by atoms with Gasteiger partial charge in [0.15, 0.2) is 0 Å². The molecule has 0 amide bonds. The summed E-state index contributed by atoms with van der Waals surface area (Å²) in [5.41, 5.74) is 1.51. The zero-order chi connectivity index (χ0) is 23.7. The maximum atomic E-state index is 13.2. The summed E-state index contributed by atoms with van der Waals surface area (Å²) in [6, 6.07) is 14.6. The number of sulfonamides is 1. The molecule has 0 N–H and O–H groups in total. The van der Waals surface area contributed by atoms with Gasteiger partial charge in [-0.25, -0.2) is 17.8 Å². The van der Waals surface area contributed by atoms with Crippen LogP contribution < -0.4 is 9.64 Å². The number of hydrogen-bond donors (Lipinski definition) is 0. The fourth-order valence-corrected chi connectivity index (χ4v) is 5.58. The Morgan fingerprint density at radius 3 is 2.59 bits per heavy atom. The number of benzene rings is 2. The Morgan fingerprint density at radius 2 is 1.79 bits per heavy atom. The second kappa shape index (κ2) is 9.03. The summed E-state index contributed by atoms with van der Waals surface area (Å²) >= 11 is 0. The van der Waals surface area contributed by atoms with Crippen LogP contribution in [-0.4, -0.2) is 60.4 Å². The standard InChI is InChI=1S/C24H24FN5O3S/c1-33-20-4-2-5-21(16-20)34(31,32)30-12-3-11-28(14-15-30)23-10-13-29-17-22(26-24(29)27-23)18-6-8-19(25)9-7-18/h2,4-10,13,16-17H,3,11-12,14-15H2,1H3. The lowest BCUT2D eigenvalue weighted by molar-refractivity contribution is 0.411. The SMILES string of the molecule is COc1cccc(S(=O)(=O)N2CCCN(c3ccn4cc(-c5ccc(F)cc5)nc4n3)CC2)c1. The van der Waals surface area contributed by atoms with Crippen molar-refractivity contribution in [2.75, 3.05) is 38.2 Å². The zero-order valence-corrected chi connectivity index (χ0v) is 19.4. The monoisotopic (exact) mass is 481 g/mol. The molecular weight excluding hydrogens is 457 g/mol. The van der Waals surface area contributed by atoms with E-state index in [0.29, 0.717) is 49.8 Å². The highest BCUT2D eigenvalue weighted by Crippen LogP contribution is 2.24. The second-order valence-electron chi connectivity index (χ2n) is 8.05. The van der Waals surface area contributed by atoms with Crippen LogP contribution in [0.15, 0.2) is 71.9 Å². The first-order valence-electron chi connectivity index (χ1n) is 10.9. The molecule has 4 aromatic rings. The van der Waals surface area contributed by atoms with Crippen LogP contribution in [0.5, 0.6) is 5.75 Å². The van der Waals surface area contributed by atoms with Crippen LogP contribution >= 0.6 is 0 Å². The van der Waals surface area contributed by atoms with E-state index in [1.807, 2.05) is 22.9 Å². The van der Waals surface area contributed by atoms with Crippen molar-refractivity contribution < 1.29 is 17.5 Å². The van der Waals surface area contributed by atoms with E-state index in [1.165, 1.54) is 23.5 Å². The van der Waals surface area contributed by atoms with Crippen molar-refractivity contribution in [3.8, 4) is 17.0 Å². The molecule has 0 saturated carbocycles. The van der Waals surface area contributed by atoms with Crippen LogP contribution in [0, 0.1) is 5.82 Å². The smallest absolute Gasteiger partial charge is 0.243 e. The number of nitrogens with zero attached hydrogens (tertiary/aromatic N) is 5. The van der Waals surface area contributed by atoms with Gasteiger partial charge in [0.1, 0.15) is 17.4 Å². The average Bonchev–Trinajstić information content (AvgIpc) is 3.11. The van der Waals surface area contributed by atoms with Crippen molar-refractivity contribution in [1.82, 2.24) is 18.7 Å². The Hall–Kier alpha value is -3.50. The van der Waals surface area contributed by atoms with Crippen molar-refractivity contribution in [1.29, 1.82) is 0 Å². The highest BCUT2D eigenvalue weighted by atomic mass is 32.2. The molecule has 34 heavy (non-hydrogen) atoms. The Labute approximate surface area is 197 Å². The van der Waals surface area contributed by atoms with E-state index >= 15 is 0 Å². The Kier molecular flexibility index (Phi) is 5.93. The molecule has 8 nitrogen and oxygen atoms in total. The third kappa shape index (κ3) is 4.34. The van der Waals surface area contributed by atoms with Crippen LogP contribution in [0.4, 0.5) is 10.2 Å². The summed E-state index contributed by atoms with van der Waals surface area (Å²) in [4.78, 5) is 11.6. The first kappa shape index (κ1) is 22.3. The van der Waals surface area contributed by atoms with Gasteiger partial charge in [0.25, 0.3) is 0 Å². The van der Waals surface area contributed by atoms with Gasteiger partial charge in [-0.2, -0.15) is 9.29 Å². The van der Waals surface area contributed by atoms with E-state index in [9.17, 15) is 12.8 Å². The highest BCUT2D eigenvalue weighted by Gasteiger charge is 2.27. The Morgan fingerprint density at radius 1 is 0.971 bits per heavy atom. The minimum atomic E-state index is -3.63. The third-order valence-electron chi connectivity index (χ3n) is 5.91. The van der Waals surface area contributed by atoms with Gasteiger partial charge in [0.05, 0.1) is 17.7 Å². The van der Waals surface area contributed by atoms with E-state index in [1.54, 1.807) is 36.4 Å². The molecule has 2 aromatic carbocycles. The normalized spacial score (nSPS) is 15.4. The second-order valence-corrected chi connectivity index (χ2v) is 9.99. The minimum Gasteiger partial charge on any atom is -0.497 e. The highest BCUT2D eigenvalue weighted by molar-refractivity contribution is 7.89. The molecular formula is C24H24FN5O3S. The number of aromatic nitrogens is 3. The fourth-order valence-electron chi connectivity index (χ4n) is 4.07. The molecule has 0 bridgehead atoms. The molecule has 5 rings (SSSR count). The van der Waals surface area contributed by atoms with E-state index in [0.717, 1.165) is 11.4 Å². The largest absolute Gasteiger partial charge is 0.497 e. The zero-order valence-electron chi connectivity index (χ0n) is 18.6. The van der Waals surface area contributed by atoms with Crippen molar-refractivity contribution >= 4 is 21.6 Å². The topological polar surface area (TPSA) is 80.0 Å². The molecule has 3 heterocycles. The molecule has 2 aromatic heterocycles. The molecule has 1 aliphatic heterocycles. The van der Waals surface area contributed by atoms with E-state index in [-0.39, 0.29) is 10.7 Å². The average molecular weight is 482 g/mol. The molecule has 1 saturated heterocycles. The number of methoxy groups -OCH3 is 1. The molecule has 176 valence electrons. The van der Waals surface area contributed by atoms with E-state index in [4.69, 9.17) is 9.72 Å². The predicted molar refractivity (Wildman–Crippen MR) is 127 cm³/mol. The van der Waals surface area contributed by atoms with Crippen LogP contribution in [0.1, 0.15) is 6.42 Å². The number of fused-ring (bicyclic) bond motifs is 1. The van der Waals surface area contributed by atoms with Crippen LogP contribution in [0.25, 0.3) is 17.0 Å². The van der Waals surface area contributed by atoms with Gasteiger partial charge in [-0.1, -0.05) is 6.07 Å². The van der Waals surface area contributed by atoms with Crippen LogP contribution in [0.2, 0.25) is 0 Å². The van der Waals surface area contributed by atoms with Gasteiger partial charge in [0.2, 0.25) is 15.8 Å². The molecule has 1 fully saturated rings. The first-order valence-corrected chi connectivity index (χ1v) is 12.4. The van der Waals surface area contributed by atoms with Crippen LogP contribution in [0.3, 0.4) is 0 Å². The number of ether oxygens (including phenoxy) is 1. The van der Waals surface area contributed by atoms with Crippen molar-refractivity contribution in [3.05, 3.63) is 72.8 Å². The quantitative estimate of drug-likeness (QED) is 0.435. The fraction of sp³-hybridized carbons (Fsp3) is 0.250. The van der Waals surface area contributed by atoms with E-state index in [2.05, 4.69) is 9.88 Å². The number of anilines is 1. The molecule has 10 heteroatoms. The lowest BCUT2D eigenvalue weighted by atomic mass is 10.2. The third-order valence-corrected chi connectivity index (χ3v) is 7.80. The van der Waals surface area contributed by atoms with Crippen molar-refractivity contribution in [2.45, 2.75) is 11.3 Å². The minimum absolute atomic E-state index is 0.227. The Bertz CT molecular complexity index is 1420. The van der Waals surface area contributed by atoms with Gasteiger partial charge < -0.3 is 9.64 Å². The number of halogens is 1. The molecule has 1 aliphatic rings. The lowest BCUT2D eigenvalue weighted by Gasteiger charge is -2.22. The predicted octanol–water partition coefficient (Wildman–Crippen LogP) is 3.45. The molecule has 0 unspecified atom stereocenters. The maximum absolute atomic E-state index is 13.2. The summed E-state index contributed by atoms with van der Waals surface area (Å²) < 4.78 is 48.1. The Balaban J connectivity index is 1.35. The molecule has 0 aliphatic carbocycles. The van der Waals surface area contributed by atoms with Gasteiger partial charge in [0, 0.05) is 50.2 Å². The van der Waals surface area contributed by atoms with E-state index < -0.39 is 10.0 Å². The summed E-state index contributed by atoms with van der Waals surface area (Å²) in [7, 11) is -2.11. The maximum Gasteiger partial charge on any atom is 0.243 e. The van der Waals surface area contributed by atoms with Crippen molar-refractivity contribution in [3.63, 3.8) is 0 Å². The lowest BCUT2D eigenvalue weighted by Crippen LogP contribution is -2.35. The summed E-state index contributed by atoms with van der Waals surface area (Å²) in [5.74, 6) is 1.48. The van der Waals surface area contributed by atoms with Crippen molar-refractivity contribution in [2.24, 2.45) is 0 Å². The van der Waals surface area contributed by atoms with Gasteiger partial charge >= 0.3 is 0 Å². The molecule has 0 radical (unpaired) electrons. The molecule has 0 atom stereocenters. The summed E-state index contributed by atoms with van der Waals surface area (Å²) in [6.07, 6.45) is 4.41.